The summed E-state index contributed by atoms with van der Waals surface area (Å²) >= 11 is 0. The number of carbonyl (C=O) groups is 1. The van der Waals surface area contributed by atoms with Crippen molar-refractivity contribution in [2.45, 2.75) is 84.3 Å². The number of aliphatic hydroxyl groups excluding tert-OH is 1. The van der Waals surface area contributed by atoms with Gasteiger partial charge in [-0.1, -0.05) is 13.8 Å². The van der Waals surface area contributed by atoms with Gasteiger partial charge in [-0.2, -0.15) is 0 Å². The highest BCUT2D eigenvalue weighted by atomic mass is 16.3. The Bertz CT molecular complexity index is 731. The maximum absolute atomic E-state index is 13.2. The van der Waals surface area contributed by atoms with Crippen LogP contribution in [0.4, 0.5) is 0 Å². The average molecular weight is 385 g/mol. The van der Waals surface area contributed by atoms with Crippen LogP contribution in [0.15, 0.2) is 18.7 Å². The second-order valence-corrected chi connectivity index (χ2v) is 11.0. The third-order valence-electron chi connectivity index (χ3n) is 9.92. The second kappa shape index (κ2) is 6.68. The van der Waals surface area contributed by atoms with E-state index in [0.717, 1.165) is 31.1 Å². The standard InChI is InChI=1S/C24H36N2O2/c1-23-9-7-17(27)13-16(23)3-4-18-19-5-6-21(24(19,2)10-8-20(18)23)22(28)14-26-12-11-25-15-26/h11-12,15-21,27H,3-10,13-14H2,1-2H3/t16-,17+,18-,19-,20-,21?,23-,24-/m0/s1. The van der Waals surface area contributed by atoms with E-state index in [0.29, 0.717) is 29.6 Å². The molecule has 0 spiro atoms. The number of rotatable bonds is 3. The largest absolute Gasteiger partial charge is 0.393 e. The second-order valence-electron chi connectivity index (χ2n) is 11.0. The van der Waals surface area contributed by atoms with Crippen molar-refractivity contribution < 1.29 is 9.90 Å². The molecule has 1 heterocycles. The molecule has 1 unspecified atom stereocenters. The summed E-state index contributed by atoms with van der Waals surface area (Å²) in [5.74, 6) is 3.66. The Labute approximate surface area is 169 Å². The average Bonchev–Trinajstić information content (AvgIpc) is 3.29. The van der Waals surface area contributed by atoms with E-state index in [2.05, 4.69) is 18.8 Å². The van der Waals surface area contributed by atoms with Gasteiger partial charge in [0.1, 0.15) is 0 Å². The first-order valence-electron chi connectivity index (χ1n) is 11.6. The van der Waals surface area contributed by atoms with Crippen molar-refractivity contribution in [3.05, 3.63) is 18.7 Å². The highest BCUT2D eigenvalue weighted by molar-refractivity contribution is 5.82. The van der Waals surface area contributed by atoms with Gasteiger partial charge < -0.3 is 9.67 Å². The third-order valence-corrected chi connectivity index (χ3v) is 9.92. The summed E-state index contributed by atoms with van der Waals surface area (Å²) in [6, 6.07) is 0. The molecule has 1 aromatic rings. The monoisotopic (exact) mass is 384 g/mol. The van der Waals surface area contributed by atoms with Crippen molar-refractivity contribution in [1.29, 1.82) is 0 Å². The first-order valence-corrected chi connectivity index (χ1v) is 11.6. The van der Waals surface area contributed by atoms with E-state index in [4.69, 9.17) is 0 Å². The van der Waals surface area contributed by atoms with Crippen LogP contribution in [0.3, 0.4) is 0 Å². The smallest absolute Gasteiger partial charge is 0.156 e. The molecule has 0 bridgehead atoms. The van der Waals surface area contributed by atoms with Gasteiger partial charge in [-0.15, -0.1) is 0 Å². The van der Waals surface area contributed by atoms with Crippen LogP contribution in [0.25, 0.3) is 0 Å². The predicted octanol–water partition coefficient (Wildman–Crippen LogP) is 4.47. The molecule has 0 aliphatic heterocycles. The molecule has 5 rings (SSSR count). The van der Waals surface area contributed by atoms with Crippen LogP contribution >= 0.6 is 0 Å². The van der Waals surface area contributed by atoms with Gasteiger partial charge in [0.15, 0.2) is 5.78 Å². The zero-order valence-corrected chi connectivity index (χ0v) is 17.5. The summed E-state index contributed by atoms with van der Waals surface area (Å²) in [4.78, 5) is 17.3. The summed E-state index contributed by atoms with van der Waals surface area (Å²) in [6.07, 6.45) is 16.0. The fraction of sp³-hybridized carbons (Fsp3) is 0.833. The van der Waals surface area contributed by atoms with Crippen LogP contribution in [-0.2, 0) is 11.3 Å². The van der Waals surface area contributed by atoms with Gasteiger partial charge in [0.05, 0.1) is 19.0 Å². The summed E-state index contributed by atoms with van der Waals surface area (Å²) in [5.41, 5.74) is 0.610. The maximum atomic E-state index is 13.2. The fourth-order valence-electron chi connectivity index (χ4n) is 8.43. The van der Waals surface area contributed by atoms with E-state index < -0.39 is 0 Å². The molecule has 4 aliphatic carbocycles. The lowest BCUT2D eigenvalue weighted by molar-refractivity contribution is -0.140. The maximum Gasteiger partial charge on any atom is 0.156 e. The Morgan fingerprint density at radius 2 is 1.86 bits per heavy atom. The highest BCUT2D eigenvalue weighted by Gasteiger charge is 2.61. The molecule has 154 valence electrons. The Hall–Kier alpha value is -1.16. The van der Waals surface area contributed by atoms with Crippen LogP contribution in [0, 0.1) is 40.4 Å². The van der Waals surface area contributed by atoms with Gasteiger partial charge in [-0.05, 0) is 92.3 Å². The number of hydrogen-bond donors (Lipinski definition) is 1. The van der Waals surface area contributed by atoms with E-state index in [1.165, 1.54) is 38.5 Å². The minimum Gasteiger partial charge on any atom is -0.393 e. The molecule has 1 aromatic heterocycles. The minimum atomic E-state index is -0.0693. The lowest BCUT2D eigenvalue weighted by Crippen LogP contribution is -2.54. The Balaban J connectivity index is 1.36. The van der Waals surface area contributed by atoms with Crippen LogP contribution in [0.2, 0.25) is 0 Å². The number of nitrogens with zero attached hydrogens (tertiary/aromatic N) is 2. The van der Waals surface area contributed by atoms with E-state index in [1.807, 2.05) is 10.8 Å². The number of carbonyl (C=O) groups excluding carboxylic acids is 1. The normalized spacial score (nSPS) is 47.8. The highest BCUT2D eigenvalue weighted by Crippen LogP contribution is 2.67. The van der Waals surface area contributed by atoms with E-state index in [-0.39, 0.29) is 17.4 Å². The number of Topliss-reactive ketones (excluding diaryl/α,β-unsaturated/α-hetero) is 1. The van der Waals surface area contributed by atoms with Crippen molar-refractivity contribution in [1.82, 2.24) is 9.55 Å². The summed E-state index contributed by atoms with van der Waals surface area (Å²) < 4.78 is 1.93. The topological polar surface area (TPSA) is 55.1 Å². The summed E-state index contributed by atoms with van der Waals surface area (Å²) in [5, 5.41) is 10.2. The van der Waals surface area contributed by atoms with Gasteiger partial charge in [-0.3, -0.25) is 4.79 Å². The number of hydrogen-bond acceptors (Lipinski definition) is 3. The molecule has 0 amide bonds. The van der Waals surface area contributed by atoms with Crippen LogP contribution in [0.5, 0.6) is 0 Å². The predicted molar refractivity (Wildman–Crippen MR) is 108 cm³/mol. The zero-order chi connectivity index (χ0) is 19.5. The van der Waals surface area contributed by atoms with Gasteiger partial charge in [0, 0.05) is 18.3 Å². The van der Waals surface area contributed by atoms with Crippen molar-refractivity contribution in [3.8, 4) is 0 Å². The molecule has 4 nitrogen and oxygen atoms in total. The summed E-state index contributed by atoms with van der Waals surface area (Å²) in [7, 11) is 0. The molecular weight excluding hydrogens is 348 g/mol. The fourth-order valence-corrected chi connectivity index (χ4v) is 8.43. The molecule has 4 fully saturated rings. The van der Waals surface area contributed by atoms with Crippen LogP contribution in [0.1, 0.15) is 71.6 Å². The number of ketones is 1. The SMILES string of the molecule is C[C@]12CC[C@@H](O)C[C@@H]1CC[C@@H]1[C@@H]2CC[C@]2(C)C(C(=O)Cn3ccnc3)CC[C@@H]12. The lowest BCUT2D eigenvalue weighted by Gasteiger charge is -2.60. The van der Waals surface area contributed by atoms with Crippen molar-refractivity contribution in [2.24, 2.45) is 40.4 Å². The van der Waals surface area contributed by atoms with E-state index in [9.17, 15) is 9.90 Å². The van der Waals surface area contributed by atoms with Gasteiger partial charge in [0.2, 0.25) is 0 Å². The van der Waals surface area contributed by atoms with Crippen molar-refractivity contribution >= 4 is 5.78 Å². The molecule has 8 atom stereocenters. The molecule has 1 N–H and O–H groups in total. The molecular formula is C24H36N2O2. The van der Waals surface area contributed by atoms with E-state index >= 15 is 0 Å². The van der Waals surface area contributed by atoms with E-state index in [1.54, 1.807) is 12.5 Å². The molecule has 0 radical (unpaired) electrons. The number of aliphatic hydroxyl groups is 1. The van der Waals surface area contributed by atoms with Gasteiger partial charge >= 0.3 is 0 Å². The van der Waals surface area contributed by atoms with Gasteiger partial charge in [-0.25, -0.2) is 4.98 Å². The van der Waals surface area contributed by atoms with Crippen LogP contribution < -0.4 is 0 Å². The minimum absolute atomic E-state index is 0.0693. The van der Waals surface area contributed by atoms with Crippen molar-refractivity contribution in [3.63, 3.8) is 0 Å². The Morgan fingerprint density at radius 1 is 1.07 bits per heavy atom. The number of fused-ring (bicyclic) bond motifs is 5. The first kappa shape index (κ1) is 18.8. The number of imidazole rings is 1. The number of aromatic nitrogens is 2. The summed E-state index contributed by atoms with van der Waals surface area (Å²) in [6.45, 7) is 5.47. The Morgan fingerprint density at radius 3 is 2.64 bits per heavy atom. The third kappa shape index (κ3) is 2.74. The zero-order valence-electron chi connectivity index (χ0n) is 17.5. The van der Waals surface area contributed by atoms with Crippen molar-refractivity contribution in [2.75, 3.05) is 0 Å². The molecule has 4 aliphatic rings. The van der Waals surface area contributed by atoms with Gasteiger partial charge in [0.25, 0.3) is 0 Å². The quantitative estimate of drug-likeness (QED) is 0.836. The Kier molecular flexibility index (Phi) is 4.50. The molecule has 4 saturated carbocycles. The molecule has 0 saturated heterocycles. The lowest BCUT2D eigenvalue weighted by atomic mass is 9.44. The van der Waals surface area contributed by atoms with Crippen LogP contribution in [-0.4, -0.2) is 26.5 Å². The first-order chi connectivity index (χ1) is 13.4. The molecule has 0 aromatic carbocycles. The molecule has 4 heteroatoms. The molecule has 28 heavy (non-hydrogen) atoms.